The van der Waals surface area contributed by atoms with E-state index in [0.29, 0.717) is 11.3 Å². The van der Waals surface area contributed by atoms with Gasteiger partial charge in [0.15, 0.2) is 4.21 Å². The third-order valence-corrected chi connectivity index (χ3v) is 5.69. The van der Waals surface area contributed by atoms with Crippen molar-refractivity contribution in [2.24, 2.45) is 0 Å². The zero-order chi connectivity index (χ0) is 15.3. The van der Waals surface area contributed by atoms with Crippen molar-refractivity contribution in [1.29, 1.82) is 0 Å². The first-order valence-electron chi connectivity index (χ1n) is 5.79. The number of H-pyrrole nitrogens is 1. The molecule has 0 aliphatic rings. The lowest BCUT2D eigenvalue weighted by molar-refractivity contribution is -0.143. The molecule has 112 valence electrons. The third kappa shape index (κ3) is 3.78. The Bertz CT molecular complexity index is 644. The highest BCUT2D eigenvalue weighted by atomic mass is 32.2. The Morgan fingerprint density at radius 1 is 1.55 bits per heavy atom. The van der Waals surface area contributed by atoms with Crippen LogP contribution in [-0.2, 0) is 19.6 Å². The van der Waals surface area contributed by atoms with Crippen LogP contribution in [0, 0.1) is 6.92 Å². The topological polar surface area (TPSA) is 96.5 Å². The van der Waals surface area contributed by atoms with Gasteiger partial charge in [-0.3, -0.25) is 9.59 Å². The van der Waals surface area contributed by atoms with Gasteiger partial charge in [-0.05, 0) is 13.8 Å². The van der Waals surface area contributed by atoms with Crippen LogP contribution in [0.1, 0.15) is 12.6 Å². The fourth-order valence-electron chi connectivity index (χ4n) is 1.50. The van der Waals surface area contributed by atoms with Crippen LogP contribution < -0.4 is 4.87 Å². The number of sulfonamides is 1. The zero-order valence-electron chi connectivity index (χ0n) is 11.2. The summed E-state index contributed by atoms with van der Waals surface area (Å²) in [7, 11) is -3.94. The first-order chi connectivity index (χ1) is 9.32. The van der Waals surface area contributed by atoms with E-state index in [1.54, 1.807) is 6.92 Å². The number of aromatic amines is 1. The zero-order valence-corrected chi connectivity index (χ0v) is 12.8. The van der Waals surface area contributed by atoms with E-state index in [2.05, 4.69) is 11.6 Å². The number of ether oxygens (including phenoxy) is 1. The molecular formula is C11H16N2O5S2. The van der Waals surface area contributed by atoms with Gasteiger partial charge in [-0.25, -0.2) is 8.42 Å². The van der Waals surface area contributed by atoms with E-state index in [-0.39, 0.29) is 23.1 Å². The molecule has 1 aromatic rings. The number of nitrogens with one attached hydrogen (secondary N) is 1. The van der Waals surface area contributed by atoms with Crippen molar-refractivity contribution < 1.29 is 17.9 Å². The summed E-state index contributed by atoms with van der Waals surface area (Å²) in [5, 5.41) is 0. The standard InChI is InChI=1S/C11H16N2O5S2/c1-4-6-13(7-9(14)18-5-2)20(16,17)10-8(3)12-11(15)19-10/h4H,1,5-7H2,2-3H3,(H,12,15). The minimum Gasteiger partial charge on any atom is -0.465 e. The minimum absolute atomic E-state index is 0.0489. The van der Waals surface area contributed by atoms with Gasteiger partial charge < -0.3 is 9.72 Å². The van der Waals surface area contributed by atoms with Gasteiger partial charge in [0.05, 0.1) is 6.61 Å². The average molecular weight is 320 g/mol. The van der Waals surface area contributed by atoms with Crippen molar-refractivity contribution in [2.45, 2.75) is 18.1 Å². The maximum absolute atomic E-state index is 12.4. The second-order valence-corrected chi connectivity index (χ2v) is 6.93. The molecule has 7 nitrogen and oxygen atoms in total. The fraction of sp³-hybridized carbons (Fsp3) is 0.455. The summed E-state index contributed by atoms with van der Waals surface area (Å²) in [5.41, 5.74) is 0.248. The molecule has 0 radical (unpaired) electrons. The van der Waals surface area contributed by atoms with Crippen LogP contribution in [0.5, 0.6) is 0 Å². The number of hydrogen-bond donors (Lipinski definition) is 1. The van der Waals surface area contributed by atoms with Crippen molar-refractivity contribution in [1.82, 2.24) is 9.29 Å². The molecular weight excluding hydrogens is 304 g/mol. The molecule has 0 atom stereocenters. The van der Waals surface area contributed by atoms with Gasteiger partial charge in [0.2, 0.25) is 0 Å². The number of rotatable bonds is 7. The van der Waals surface area contributed by atoms with Crippen molar-refractivity contribution >= 4 is 27.3 Å². The lowest BCUT2D eigenvalue weighted by atomic mass is 10.5. The number of nitrogens with zero attached hydrogens (tertiary/aromatic N) is 1. The Balaban J connectivity index is 3.12. The number of carbonyl (C=O) groups excluding carboxylic acids is 1. The van der Waals surface area contributed by atoms with Gasteiger partial charge in [0, 0.05) is 12.2 Å². The highest BCUT2D eigenvalue weighted by Gasteiger charge is 2.29. The second-order valence-electron chi connectivity index (χ2n) is 3.82. The molecule has 0 spiro atoms. The van der Waals surface area contributed by atoms with Crippen LogP contribution in [0.2, 0.25) is 0 Å². The predicted octanol–water partition coefficient (Wildman–Crippen LogP) is 0.485. The van der Waals surface area contributed by atoms with Crippen molar-refractivity contribution in [3.63, 3.8) is 0 Å². The van der Waals surface area contributed by atoms with Crippen molar-refractivity contribution in [2.75, 3.05) is 19.7 Å². The number of aryl methyl sites for hydroxylation is 1. The predicted molar refractivity (Wildman–Crippen MR) is 75.3 cm³/mol. The van der Waals surface area contributed by atoms with Gasteiger partial charge in [-0.1, -0.05) is 17.4 Å². The van der Waals surface area contributed by atoms with Gasteiger partial charge in [0.25, 0.3) is 10.0 Å². The van der Waals surface area contributed by atoms with E-state index in [0.717, 1.165) is 4.31 Å². The van der Waals surface area contributed by atoms with Crippen LogP contribution >= 0.6 is 11.3 Å². The molecule has 20 heavy (non-hydrogen) atoms. The summed E-state index contributed by atoms with van der Waals surface area (Å²) < 4.78 is 30.4. The van der Waals surface area contributed by atoms with E-state index in [4.69, 9.17) is 4.74 Å². The maximum Gasteiger partial charge on any atom is 0.321 e. The quantitative estimate of drug-likeness (QED) is 0.582. The summed E-state index contributed by atoms with van der Waals surface area (Å²) in [6.07, 6.45) is 1.36. The molecule has 0 saturated heterocycles. The normalized spacial score (nSPS) is 11.6. The Hall–Kier alpha value is -1.45. The third-order valence-electron chi connectivity index (χ3n) is 2.30. The van der Waals surface area contributed by atoms with Crippen molar-refractivity contribution in [3.05, 3.63) is 28.0 Å². The summed E-state index contributed by atoms with van der Waals surface area (Å²) in [4.78, 5) is 24.6. The molecule has 0 aromatic carbocycles. The van der Waals surface area contributed by atoms with Crippen LogP contribution in [0.3, 0.4) is 0 Å². The molecule has 0 aliphatic heterocycles. The number of carbonyl (C=O) groups is 1. The fourth-order valence-corrected chi connectivity index (χ4v) is 4.29. The molecule has 1 rings (SSSR count). The van der Waals surface area contributed by atoms with E-state index in [9.17, 15) is 18.0 Å². The van der Waals surface area contributed by atoms with Gasteiger partial charge in [-0.15, -0.1) is 6.58 Å². The SMILES string of the molecule is C=CCN(CC(=O)OCC)S(=O)(=O)c1sc(=O)[nH]c1C. The first kappa shape index (κ1) is 16.6. The number of thiazole rings is 1. The van der Waals surface area contributed by atoms with Crippen LogP contribution in [0.25, 0.3) is 0 Å². The highest BCUT2D eigenvalue weighted by Crippen LogP contribution is 2.21. The molecule has 0 aliphatic carbocycles. The van der Waals surface area contributed by atoms with Crippen molar-refractivity contribution in [3.8, 4) is 0 Å². The molecule has 0 amide bonds. The summed E-state index contributed by atoms with van der Waals surface area (Å²) in [5.74, 6) is -0.654. The minimum atomic E-state index is -3.94. The molecule has 9 heteroatoms. The molecule has 1 aromatic heterocycles. The molecule has 0 bridgehead atoms. The van der Waals surface area contributed by atoms with Gasteiger partial charge in [-0.2, -0.15) is 4.31 Å². The Labute approximate surface area is 120 Å². The molecule has 0 fully saturated rings. The van der Waals surface area contributed by atoms with E-state index in [1.165, 1.54) is 13.0 Å². The Kier molecular flexibility index (Phi) is 5.66. The highest BCUT2D eigenvalue weighted by molar-refractivity contribution is 7.91. The molecule has 1 N–H and O–H groups in total. The van der Waals surface area contributed by atoms with E-state index < -0.39 is 27.4 Å². The van der Waals surface area contributed by atoms with Crippen LogP contribution in [0.4, 0.5) is 0 Å². The molecule has 0 saturated carbocycles. The monoisotopic (exact) mass is 320 g/mol. The van der Waals surface area contributed by atoms with E-state index >= 15 is 0 Å². The van der Waals surface area contributed by atoms with Gasteiger partial charge in [0.1, 0.15) is 6.54 Å². The number of hydrogen-bond acceptors (Lipinski definition) is 6. The number of esters is 1. The number of aromatic nitrogens is 1. The Morgan fingerprint density at radius 3 is 2.65 bits per heavy atom. The average Bonchev–Trinajstić information content (AvgIpc) is 2.69. The summed E-state index contributed by atoms with van der Waals surface area (Å²) in [6, 6.07) is 0. The smallest absolute Gasteiger partial charge is 0.321 e. The molecule has 1 heterocycles. The maximum atomic E-state index is 12.4. The second kappa shape index (κ2) is 6.82. The van der Waals surface area contributed by atoms with Gasteiger partial charge >= 0.3 is 10.8 Å². The van der Waals surface area contributed by atoms with E-state index in [1.807, 2.05) is 0 Å². The summed E-state index contributed by atoms with van der Waals surface area (Å²) >= 11 is 0.589. The van der Waals surface area contributed by atoms with Crippen LogP contribution in [-0.4, -0.2) is 43.4 Å². The lowest BCUT2D eigenvalue weighted by Gasteiger charge is -2.18. The molecule has 0 unspecified atom stereocenters. The summed E-state index contributed by atoms with van der Waals surface area (Å²) in [6.45, 7) is 6.28. The Morgan fingerprint density at radius 2 is 2.20 bits per heavy atom. The lowest BCUT2D eigenvalue weighted by Crippen LogP contribution is -2.36. The first-order valence-corrected chi connectivity index (χ1v) is 8.05. The largest absolute Gasteiger partial charge is 0.465 e. The van der Waals surface area contributed by atoms with Crippen LogP contribution in [0.15, 0.2) is 21.7 Å².